The fourth-order valence-electron chi connectivity index (χ4n) is 2.16. The van der Waals surface area contributed by atoms with Crippen LogP contribution in [-0.2, 0) is 20.6 Å². The van der Waals surface area contributed by atoms with Crippen LogP contribution in [0.15, 0.2) is 21.5 Å². The minimum atomic E-state index is -6.82. The van der Waals surface area contributed by atoms with E-state index in [-0.39, 0.29) is 16.7 Å². The molecule has 1 rings (SSSR count). The minimum Gasteiger partial charge on any atom is -0.259 e. The molecule has 3 unspecified atom stereocenters. The van der Waals surface area contributed by atoms with Crippen LogP contribution in [-0.4, -0.2) is 45.3 Å². The maximum Gasteiger partial charge on any atom is 0.461 e. The van der Waals surface area contributed by atoms with Gasteiger partial charge in [0.15, 0.2) is 0 Å². The molecule has 0 aromatic carbocycles. The smallest absolute Gasteiger partial charge is 0.259 e. The highest BCUT2D eigenvalue weighted by atomic mass is 79.9. The van der Waals surface area contributed by atoms with Gasteiger partial charge in [0.25, 0.3) is 0 Å². The van der Waals surface area contributed by atoms with Gasteiger partial charge in [0.05, 0.1) is 14.5 Å². The molecule has 0 spiro atoms. The van der Waals surface area contributed by atoms with E-state index in [4.69, 9.17) is 0 Å². The predicted molar refractivity (Wildman–Crippen MR) is 94.4 cm³/mol. The van der Waals surface area contributed by atoms with E-state index in [1.807, 2.05) is 0 Å². The summed E-state index contributed by atoms with van der Waals surface area (Å²) >= 11 is 5.94. The lowest BCUT2D eigenvalue weighted by Gasteiger charge is -2.34. The van der Waals surface area contributed by atoms with Crippen LogP contribution in [0.4, 0.5) is 30.7 Å². The Kier molecular flexibility index (Phi) is 7.16. The number of allylic oxidation sites excluding steroid dienone is 3. The molecule has 0 heterocycles. The van der Waals surface area contributed by atoms with E-state index < -0.39 is 52.5 Å². The summed E-state index contributed by atoms with van der Waals surface area (Å²) in [6, 6.07) is 0. The average Bonchev–Trinajstić information content (AvgIpc) is 2.50. The molecule has 0 saturated heterocycles. The van der Waals surface area contributed by atoms with Gasteiger partial charge in [-0.15, -0.1) is 0 Å². The van der Waals surface area contributed by atoms with Crippen LogP contribution in [0.25, 0.3) is 0 Å². The first-order valence-electron chi connectivity index (χ1n) is 7.07. The summed E-state index contributed by atoms with van der Waals surface area (Å²) in [7, 11) is -8.02. The topological polar surface area (TPSA) is 51.2 Å². The maximum absolute atomic E-state index is 13.8. The highest BCUT2D eigenvalue weighted by Crippen LogP contribution is 2.52. The quantitative estimate of drug-likeness (QED) is 0.330. The summed E-state index contributed by atoms with van der Waals surface area (Å²) in [5, 5.41) is -7.32. The van der Waals surface area contributed by atoms with Gasteiger partial charge in [-0.05, 0) is 30.0 Å². The molecule has 1 aliphatic carbocycles. The first kappa shape index (κ1) is 25.1. The number of alkyl halides is 8. The summed E-state index contributed by atoms with van der Waals surface area (Å²) in [6.07, 6.45) is -5.76. The average molecular weight is 574 g/mol. The van der Waals surface area contributed by atoms with E-state index in [1.54, 1.807) is 0 Å². The molecule has 3 atom stereocenters. The molecule has 27 heavy (non-hydrogen) atoms. The van der Waals surface area contributed by atoms with Crippen molar-refractivity contribution in [3.05, 3.63) is 21.5 Å². The van der Waals surface area contributed by atoms with Crippen LogP contribution in [0.5, 0.6) is 0 Å². The van der Waals surface area contributed by atoms with Crippen molar-refractivity contribution in [2.24, 2.45) is 0 Å². The number of sulfone groups is 1. The SMILES string of the molecule is CCS(=O)C(C)C1(Br)C=C(S(=O)(=O)C(F)(F)C(F)(F)C(F)(F)F)C=C(Br)C1. The van der Waals surface area contributed by atoms with E-state index in [0.29, 0.717) is 12.2 Å². The van der Waals surface area contributed by atoms with Gasteiger partial charge in [0, 0.05) is 16.6 Å². The summed E-state index contributed by atoms with van der Waals surface area (Å²) in [6.45, 7) is 2.93. The second kappa shape index (κ2) is 7.71. The summed E-state index contributed by atoms with van der Waals surface area (Å²) in [4.78, 5) is -1.44. The zero-order valence-corrected chi connectivity index (χ0v) is 18.4. The van der Waals surface area contributed by atoms with Crippen molar-refractivity contribution in [1.82, 2.24) is 0 Å². The van der Waals surface area contributed by atoms with Crippen LogP contribution in [0.3, 0.4) is 0 Å². The first-order valence-corrected chi connectivity index (χ1v) is 11.5. The molecule has 0 aromatic rings. The largest absolute Gasteiger partial charge is 0.461 e. The third-order valence-corrected chi connectivity index (χ3v) is 9.42. The van der Waals surface area contributed by atoms with Crippen LogP contribution >= 0.6 is 31.9 Å². The molecule has 158 valence electrons. The number of hydrogen-bond acceptors (Lipinski definition) is 3. The van der Waals surface area contributed by atoms with Crippen molar-refractivity contribution in [1.29, 1.82) is 0 Å². The first-order chi connectivity index (χ1) is 11.8. The van der Waals surface area contributed by atoms with Gasteiger partial charge in [-0.2, -0.15) is 30.7 Å². The van der Waals surface area contributed by atoms with E-state index >= 15 is 0 Å². The van der Waals surface area contributed by atoms with E-state index in [2.05, 4.69) is 31.9 Å². The summed E-state index contributed by atoms with van der Waals surface area (Å²) in [5.41, 5.74) is 0. The third kappa shape index (κ3) is 4.32. The van der Waals surface area contributed by atoms with E-state index in [0.717, 1.165) is 0 Å². The van der Waals surface area contributed by atoms with Crippen LogP contribution in [0, 0.1) is 0 Å². The lowest BCUT2D eigenvalue weighted by Crippen LogP contribution is -2.56. The summed E-state index contributed by atoms with van der Waals surface area (Å²) in [5.74, 6) is -6.70. The number of rotatable bonds is 6. The van der Waals surface area contributed by atoms with Gasteiger partial charge in [0.1, 0.15) is 0 Å². The zero-order valence-electron chi connectivity index (χ0n) is 13.6. The van der Waals surface area contributed by atoms with Crippen molar-refractivity contribution < 1.29 is 43.4 Å². The van der Waals surface area contributed by atoms with Crippen LogP contribution < -0.4 is 0 Å². The molecule has 0 fully saturated rings. The minimum absolute atomic E-state index is 0.0634. The maximum atomic E-state index is 13.8. The highest BCUT2D eigenvalue weighted by molar-refractivity contribution is 9.12. The Bertz CT molecular complexity index is 790. The molecule has 0 saturated carbocycles. The van der Waals surface area contributed by atoms with Gasteiger partial charge in [0.2, 0.25) is 9.84 Å². The Balaban J connectivity index is 3.59. The number of halogens is 9. The van der Waals surface area contributed by atoms with Crippen LogP contribution in [0.1, 0.15) is 20.3 Å². The Morgan fingerprint density at radius 1 is 1.22 bits per heavy atom. The molecule has 0 bridgehead atoms. The number of hydrogen-bond donors (Lipinski definition) is 0. The van der Waals surface area contributed by atoms with Crippen molar-refractivity contribution in [2.45, 2.75) is 47.2 Å². The zero-order chi connectivity index (χ0) is 21.6. The molecular formula is C13H13Br2F7O3S2. The molecular weight excluding hydrogens is 561 g/mol. The molecule has 0 aromatic heterocycles. The van der Waals surface area contributed by atoms with Crippen molar-refractivity contribution >= 4 is 52.5 Å². The van der Waals surface area contributed by atoms with E-state index in [1.165, 1.54) is 13.8 Å². The normalized spacial score (nSPS) is 24.9. The Morgan fingerprint density at radius 2 is 1.70 bits per heavy atom. The second-order valence-electron chi connectivity index (χ2n) is 5.65. The third-order valence-electron chi connectivity index (χ3n) is 3.84. The lowest BCUT2D eigenvalue weighted by atomic mass is 9.97. The van der Waals surface area contributed by atoms with Crippen molar-refractivity contribution in [3.63, 3.8) is 0 Å². The van der Waals surface area contributed by atoms with Gasteiger partial charge in [-0.1, -0.05) is 38.8 Å². The van der Waals surface area contributed by atoms with Crippen LogP contribution in [0.2, 0.25) is 0 Å². The fourth-order valence-corrected chi connectivity index (χ4v) is 7.22. The lowest BCUT2D eigenvalue weighted by molar-refractivity contribution is -0.331. The molecule has 14 heteroatoms. The van der Waals surface area contributed by atoms with Gasteiger partial charge >= 0.3 is 17.4 Å². The second-order valence-corrected chi connectivity index (χ2v) is 12.2. The molecule has 0 aliphatic heterocycles. The van der Waals surface area contributed by atoms with Crippen molar-refractivity contribution in [2.75, 3.05) is 5.75 Å². The van der Waals surface area contributed by atoms with Gasteiger partial charge in [-0.3, -0.25) is 4.21 Å². The molecule has 0 amide bonds. The molecule has 0 radical (unpaired) electrons. The van der Waals surface area contributed by atoms with Gasteiger partial charge < -0.3 is 0 Å². The molecule has 3 nitrogen and oxygen atoms in total. The predicted octanol–water partition coefficient (Wildman–Crippen LogP) is 5.05. The Morgan fingerprint density at radius 3 is 2.11 bits per heavy atom. The van der Waals surface area contributed by atoms with E-state index in [9.17, 15) is 43.4 Å². The monoisotopic (exact) mass is 572 g/mol. The Hall–Kier alpha value is 0.0500. The highest BCUT2D eigenvalue weighted by Gasteiger charge is 2.79. The summed E-state index contributed by atoms with van der Waals surface area (Å²) < 4.78 is 126. The molecule has 1 aliphatic rings. The van der Waals surface area contributed by atoms with Crippen molar-refractivity contribution in [3.8, 4) is 0 Å². The van der Waals surface area contributed by atoms with Gasteiger partial charge in [-0.25, -0.2) is 8.42 Å². The Labute approximate surface area is 170 Å². The molecule has 0 N–H and O–H groups in total. The fraction of sp³-hybridized carbons (Fsp3) is 0.692. The standard InChI is InChI=1S/C13H13Br2F7O3S2/c1-3-26(23)7(2)10(15)5-8(14)4-9(6-10)27(24,25)13(21,22)11(16,17)12(18,19)20/h4,6-7H,3,5H2,1-2H3.